The summed E-state index contributed by atoms with van der Waals surface area (Å²) >= 11 is 3.39. The van der Waals surface area contributed by atoms with Gasteiger partial charge in [-0.05, 0) is 24.1 Å². The van der Waals surface area contributed by atoms with Crippen molar-refractivity contribution in [2.24, 2.45) is 0 Å². The molecule has 0 aliphatic rings. The average Bonchev–Trinajstić information content (AvgIpc) is 2.31. The number of nitrogens with one attached hydrogen (secondary N) is 1. The molecule has 0 saturated heterocycles. The molecule has 0 bridgehead atoms. The van der Waals surface area contributed by atoms with Gasteiger partial charge in [0.2, 0.25) is 0 Å². The Hall–Kier alpha value is -1.62. The van der Waals surface area contributed by atoms with Crippen molar-refractivity contribution < 1.29 is 0 Å². The first-order valence-electron chi connectivity index (χ1n) is 5.19. The lowest BCUT2D eigenvalue weighted by atomic mass is 10.1. The Morgan fingerprint density at radius 2 is 2.12 bits per heavy atom. The van der Waals surface area contributed by atoms with Gasteiger partial charge in [-0.1, -0.05) is 28.1 Å². The van der Waals surface area contributed by atoms with E-state index >= 15 is 0 Å². The largest absolute Gasteiger partial charge is 0.323 e. The van der Waals surface area contributed by atoms with Crippen LogP contribution in [0.2, 0.25) is 0 Å². The Bertz CT molecular complexity index is 631. The van der Waals surface area contributed by atoms with E-state index in [9.17, 15) is 9.59 Å². The zero-order valence-electron chi connectivity index (χ0n) is 9.02. The van der Waals surface area contributed by atoms with E-state index in [0.29, 0.717) is 13.0 Å². The molecule has 0 aliphatic carbocycles. The van der Waals surface area contributed by atoms with Crippen molar-refractivity contribution in [1.29, 1.82) is 0 Å². The van der Waals surface area contributed by atoms with Crippen LogP contribution in [-0.4, -0.2) is 9.55 Å². The van der Waals surface area contributed by atoms with Crippen LogP contribution in [0.3, 0.4) is 0 Å². The summed E-state index contributed by atoms with van der Waals surface area (Å²) in [4.78, 5) is 24.9. The van der Waals surface area contributed by atoms with Crippen molar-refractivity contribution in [3.05, 3.63) is 67.4 Å². The Labute approximate surface area is 106 Å². The van der Waals surface area contributed by atoms with Gasteiger partial charge in [-0.3, -0.25) is 9.59 Å². The standard InChI is InChI=1S/C12H11BrN2O2/c13-10-3-1-2-9(8-10)4-6-15-7-5-14-11(16)12(15)17/h1-3,5,7-8H,4,6H2,(H,14,16). The SMILES string of the molecule is O=c1[nH]ccn(CCc2cccc(Br)c2)c1=O. The number of halogens is 1. The van der Waals surface area contributed by atoms with Crippen LogP contribution in [0.5, 0.6) is 0 Å². The fourth-order valence-corrected chi connectivity index (χ4v) is 2.03. The van der Waals surface area contributed by atoms with Crippen molar-refractivity contribution in [2.45, 2.75) is 13.0 Å². The molecule has 0 radical (unpaired) electrons. The van der Waals surface area contributed by atoms with E-state index in [1.165, 1.54) is 10.8 Å². The highest BCUT2D eigenvalue weighted by atomic mass is 79.9. The average molecular weight is 295 g/mol. The zero-order chi connectivity index (χ0) is 12.3. The summed E-state index contributed by atoms with van der Waals surface area (Å²) in [6.07, 6.45) is 3.77. The van der Waals surface area contributed by atoms with Gasteiger partial charge in [-0.15, -0.1) is 0 Å². The molecular formula is C12H11BrN2O2. The Kier molecular flexibility index (Phi) is 3.58. The quantitative estimate of drug-likeness (QED) is 0.873. The van der Waals surface area contributed by atoms with Crippen LogP contribution in [0.4, 0.5) is 0 Å². The number of benzene rings is 1. The van der Waals surface area contributed by atoms with Crippen molar-refractivity contribution in [3.63, 3.8) is 0 Å². The van der Waals surface area contributed by atoms with Crippen molar-refractivity contribution in [3.8, 4) is 0 Å². The maximum Gasteiger partial charge on any atom is 0.316 e. The molecule has 2 aromatic rings. The lowest BCUT2D eigenvalue weighted by Gasteiger charge is -2.04. The van der Waals surface area contributed by atoms with Crippen LogP contribution in [0.15, 0.2) is 50.7 Å². The van der Waals surface area contributed by atoms with Gasteiger partial charge in [0.1, 0.15) is 0 Å². The molecule has 88 valence electrons. The Balaban J connectivity index is 2.16. The van der Waals surface area contributed by atoms with E-state index in [1.807, 2.05) is 24.3 Å². The number of rotatable bonds is 3. The highest BCUT2D eigenvalue weighted by Gasteiger charge is 2.00. The van der Waals surface area contributed by atoms with Crippen LogP contribution in [0, 0.1) is 0 Å². The number of hydrogen-bond donors (Lipinski definition) is 1. The Morgan fingerprint density at radius 3 is 2.88 bits per heavy atom. The highest BCUT2D eigenvalue weighted by molar-refractivity contribution is 9.10. The van der Waals surface area contributed by atoms with E-state index in [1.54, 1.807) is 6.20 Å². The molecule has 0 saturated carbocycles. The molecule has 0 aliphatic heterocycles. The van der Waals surface area contributed by atoms with E-state index < -0.39 is 11.1 Å². The summed E-state index contributed by atoms with van der Waals surface area (Å²) in [5, 5.41) is 0. The van der Waals surface area contributed by atoms with Gasteiger partial charge >= 0.3 is 11.1 Å². The molecule has 0 atom stereocenters. The molecule has 1 aromatic carbocycles. The monoisotopic (exact) mass is 294 g/mol. The Morgan fingerprint density at radius 1 is 1.29 bits per heavy atom. The van der Waals surface area contributed by atoms with Crippen molar-refractivity contribution >= 4 is 15.9 Å². The van der Waals surface area contributed by atoms with Crippen LogP contribution in [0.25, 0.3) is 0 Å². The van der Waals surface area contributed by atoms with E-state index in [2.05, 4.69) is 20.9 Å². The molecule has 17 heavy (non-hydrogen) atoms. The molecule has 0 spiro atoms. The second-order valence-corrected chi connectivity index (χ2v) is 4.58. The number of aryl methyl sites for hydroxylation is 2. The minimum Gasteiger partial charge on any atom is -0.323 e. The van der Waals surface area contributed by atoms with Gasteiger partial charge in [-0.25, -0.2) is 0 Å². The first-order chi connectivity index (χ1) is 8.16. The number of nitrogens with zero attached hydrogens (tertiary/aromatic N) is 1. The summed E-state index contributed by atoms with van der Waals surface area (Å²) in [7, 11) is 0. The summed E-state index contributed by atoms with van der Waals surface area (Å²) in [6, 6.07) is 7.88. The molecule has 4 nitrogen and oxygen atoms in total. The summed E-state index contributed by atoms with van der Waals surface area (Å²) < 4.78 is 2.42. The summed E-state index contributed by atoms with van der Waals surface area (Å²) in [6.45, 7) is 0.499. The van der Waals surface area contributed by atoms with Gasteiger partial charge < -0.3 is 9.55 Å². The van der Waals surface area contributed by atoms with Crippen LogP contribution in [-0.2, 0) is 13.0 Å². The third-order valence-electron chi connectivity index (χ3n) is 2.45. The minimum absolute atomic E-state index is 0.499. The topological polar surface area (TPSA) is 54.9 Å². The molecular weight excluding hydrogens is 284 g/mol. The fourth-order valence-electron chi connectivity index (χ4n) is 1.58. The molecule has 1 aromatic heterocycles. The first kappa shape index (κ1) is 11.9. The summed E-state index contributed by atoms with van der Waals surface area (Å²) in [5.41, 5.74) is 0.0239. The highest BCUT2D eigenvalue weighted by Crippen LogP contribution is 2.12. The molecule has 1 N–H and O–H groups in total. The fraction of sp³-hybridized carbons (Fsp3) is 0.167. The van der Waals surface area contributed by atoms with Gasteiger partial charge in [0.25, 0.3) is 0 Å². The molecule has 5 heteroatoms. The molecule has 0 unspecified atom stereocenters. The predicted octanol–water partition coefficient (Wildman–Crippen LogP) is 1.54. The number of aromatic nitrogens is 2. The van der Waals surface area contributed by atoms with Gasteiger partial charge in [-0.2, -0.15) is 0 Å². The van der Waals surface area contributed by atoms with Gasteiger partial charge in [0.05, 0.1) is 0 Å². The van der Waals surface area contributed by atoms with Crippen LogP contribution < -0.4 is 11.1 Å². The smallest absolute Gasteiger partial charge is 0.316 e. The number of hydrogen-bond acceptors (Lipinski definition) is 2. The van der Waals surface area contributed by atoms with E-state index in [-0.39, 0.29) is 0 Å². The van der Waals surface area contributed by atoms with E-state index in [4.69, 9.17) is 0 Å². The maximum atomic E-state index is 11.5. The normalized spacial score (nSPS) is 10.4. The van der Waals surface area contributed by atoms with Gasteiger partial charge in [0.15, 0.2) is 0 Å². The second-order valence-electron chi connectivity index (χ2n) is 3.67. The first-order valence-corrected chi connectivity index (χ1v) is 5.99. The van der Waals surface area contributed by atoms with E-state index in [0.717, 1.165) is 10.0 Å². The van der Waals surface area contributed by atoms with Crippen LogP contribution in [0.1, 0.15) is 5.56 Å². The van der Waals surface area contributed by atoms with Crippen molar-refractivity contribution in [1.82, 2.24) is 9.55 Å². The molecule has 0 fully saturated rings. The molecule has 0 amide bonds. The van der Waals surface area contributed by atoms with Crippen LogP contribution >= 0.6 is 15.9 Å². The lowest BCUT2D eigenvalue weighted by Crippen LogP contribution is -2.35. The molecule has 2 rings (SSSR count). The minimum atomic E-state index is -0.582. The third-order valence-corrected chi connectivity index (χ3v) is 2.95. The third kappa shape index (κ3) is 2.94. The molecule has 1 heterocycles. The maximum absolute atomic E-state index is 11.5. The number of H-pyrrole nitrogens is 1. The van der Waals surface area contributed by atoms with Crippen molar-refractivity contribution in [2.75, 3.05) is 0 Å². The lowest BCUT2D eigenvalue weighted by molar-refractivity contribution is 0.656. The van der Waals surface area contributed by atoms with Gasteiger partial charge in [0, 0.05) is 23.4 Å². The zero-order valence-corrected chi connectivity index (χ0v) is 10.6. The predicted molar refractivity (Wildman–Crippen MR) is 69.2 cm³/mol. The second kappa shape index (κ2) is 5.14. The number of aromatic amines is 1. The summed E-state index contributed by atoms with van der Waals surface area (Å²) in [5.74, 6) is 0.